The number of rotatable bonds is 5. The SMILES string of the molecule is O=C1CCC(N2Cc3ccc(COC(=O)N4CCCC4c4ncc(-c5ccc(F)cc5)[nH]4)cc3C2=O)C(=O)N1. The molecule has 0 saturated carbocycles. The number of hydrogen-bond donors (Lipinski definition) is 2. The number of likely N-dealkylation sites (tertiary alicyclic amines) is 1. The summed E-state index contributed by atoms with van der Waals surface area (Å²) in [5, 5.41) is 2.30. The Morgan fingerprint density at radius 1 is 1.08 bits per heavy atom. The first-order valence-electron chi connectivity index (χ1n) is 12.9. The number of hydrogen-bond acceptors (Lipinski definition) is 6. The highest BCUT2D eigenvalue weighted by Crippen LogP contribution is 2.33. The largest absolute Gasteiger partial charge is 0.445 e. The van der Waals surface area contributed by atoms with Crippen molar-refractivity contribution in [2.24, 2.45) is 0 Å². The molecule has 4 heterocycles. The lowest BCUT2D eigenvalue weighted by Gasteiger charge is -2.29. The van der Waals surface area contributed by atoms with Crippen molar-refractivity contribution in [1.82, 2.24) is 25.1 Å². The third-order valence-electron chi connectivity index (χ3n) is 7.51. The van der Waals surface area contributed by atoms with Crippen LogP contribution in [0.1, 0.15) is 59.0 Å². The number of aromatic nitrogens is 2. The summed E-state index contributed by atoms with van der Waals surface area (Å²) in [6.45, 7) is 0.804. The highest BCUT2D eigenvalue weighted by molar-refractivity contribution is 6.05. The van der Waals surface area contributed by atoms with E-state index in [1.807, 2.05) is 0 Å². The van der Waals surface area contributed by atoms with Gasteiger partial charge < -0.3 is 14.6 Å². The van der Waals surface area contributed by atoms with Crippen LogP contribution in [-0.4, -0.2) is 56.2 Å². The highest BCUT2D eigenvalue weighted by atomic mass is 19.1. The minimum atomic E-state index is -0.679. The molecule has 0 bridgehead atoms. The minimum Gasteiger partial charge on any atom is -0.445 e. The fourth-order valence-corrected chi connectivity index (χ4v) is 5.47. The van der Waals surface area contributed by atoms with Gasteiger partial charge in [-0.3, -0.25) is 24.6 Å². The monoisotopic (exact) mass is 531 g/mol. The molecule has 2 fully saturated rings. The van der Waals surface area contributed by atoms with Crippen LogP contribution in [0.15, 0.2) is 48.7 Å². The number of carbonyl (C=O) groups excluding carboxylic acids is 4. The summed E-state index contributed by atoms with van der Waals surface area (Å²) < 4.78 is 18.9. The average Bonchev–Trinajstić information content (AvgIpc) is 3.67. The summed E-state index contributed by atoms with van der Waals surface area (Å²) in [7, 11) is 0. The van der Waals surface area contributed by atoms with Gasteiger partial charge in [-0.1, -0.05) is 12.1 Å². The van der Waals surface area contributed by atoms with Gasteiger partial charge in [0.05, 0.1) is 17.9 Å². The van der Waals surface area contributed by atoms with E-state index in [9.17, 15) is 23.6 Å². The molecule has 3 aliphatic rings. The molecule has 2 N–H and O–H groups in total. The van der Waals surface area contributed by atoms with Crippen LogP contribution in [0.25, 0.3) is 11.3 Å². The summed E-state index contributed by atoms with van der Waals surface area (Å²) in [6, 6.07) is 10.5. The van der Waals surface area contributed by atoms with E-state index in [-0.39, 0.29) is 36.7 Å². The Hall–Kier alpha value is -4.54. The van der Waals surface area contributed by atoms with E-state index in [2.05, 4.69) is 15.3 Å². The number of imidazole rings is 1. The second-order valence-electron chi connectivity index (χ2n) is 9.99. The van der Waals surface area contributed by atoms with Crippen LogP contribution in [0.2, 0.25) is 0 Å². The smallest absolute Gasteiger partial charge is 0.410 e. The van der Waals surface area contributed by atoms with E-state index in [0.29, 0.717) is 36.5 Å². The number of fused-ring (bicyclic) bond motifs is 1. The number of imide groups is 1. The molecule has 0 spiro atoms. The summed E-state index contributed by atoms with van der Waals surface area (Å²) >= 11 is 0. The number of aromatic amines is 1. The Morgan fingerprint density at radius 2 is 1.90 bits per heavy atom. The first-order valence-corrected chi connectivity index (χ1v) is 12.9. The number of ether oxygens (including phenoxy) is 1. The summed E-state index contributed by atoms with van der Waals surface area (Å²) in [5.74, 6) is -0.738. The molecule has 2 atom stereocenters. The number of carbonyl (C=O) groups is 4. The molecular weight excluding hydrogens is 505 g/mol. The number of nitrogens with zero attached hydrogens (tertiary/aromatic N) is 3. The standard InChI is InChI=1S/C28H26FN5O5/c29-19-7-5-17(6-8-19)21-13-30-25(31-21)22-2-1-11-33(22)28(38)39-15-16-3-4-18-14-34(27(37)20(18)12-16)23-9-10-24(35)32-26(23)36/h3-8,12-13,22-23H,1-2,9-11,14-15H2,(H,30,31)(H,32,35,36). The molecule has 10 nitrogen and oxygen atoms in total. The van der Waals surface area contributed by atoms with Gasteiger partial charge in [-0.2, -0.15) is 0 Å². The van der Waals surface area contributed by atoms with Crippen LogP contribution in [-0.2, 0) is 27.5 Å². The normalized spacial score (nSPS) is 20.8. The molecule has 0 radical (unpaired) electrons. The van der Waals surface area contributed by atoms with Crippen molar-refractivity contribution in [1.29, 1.82) is 0 Å². The first-order chi connectivity index (χ1) is 18.9. The Balaban J connectivity index is 1.10. The molecule has 200 valence electrons. The Labute approximate surface area is 223 Å². The van der Waals surface area contributed by atoms with E-state index in [4.69, 9.17) is 4.74 Å². The highest BCUT2D eigenvalue weighted by Gasteiger charge is 2.39. The molecular formula is C28H26FN5O5. The summed E-state index contributed by atoms with van der Waals surface area (Å²) in [6.07, 6.45) is 3.22. The molecule has 11 heteroatoms. The third-order valence-corrected chi connectivity index (χ3v) is 7.51. The molecule has 2 unspecified atom stereocenters. The number of nitrogens with one attached hydrogen (secondary N) is 2. The van der Waals surface area contributed by atoms with E-state index >= 15 is 0 Å². The molecule has 4 amide bonds. The van der Waals surface area contributed by atoms with Crippen LogP contribution in [0.3, 0.4) is 0 Å². The number of amides is 4. The van der Waals surface area contributed by atoms with Gasteiger partial charge in [-0.15, -0.1) is 0 Å². The van der Waals surface area contributed by atoms with Crippen LogP contribution in [0, 0.1) is 5.82 Å². The molecule has 39 heavy (non-hydrogen) atoms. The maximum atomic E-state index is 13.3. The Morgan fingerprint density at radius 3 is 2.69 bits per heavy atom. The predicted octanol–water partition coefficient (Wildman–Crippen LogP) is 3.45. The second-order valence-corrected chi connectivity index (χ2v) is 9.99. The predicted molar refractivity (Wildman–Crippen MR) is 135 cm³/mol. The van der Waals surface area contributed by atoms with E-state index < -0.39 is 18.0 Å². The molecule has 1 aromatic heterocycles. The van der Waals surface area contributed by atoms with Crippen LogP contribution < -0.4 is 5.32 Å². The van der Waals surface area contributed by atoms with Gasteiger partial charge in [0.2, 0.25) is 11.8 Å². The third kappa shape index (κ3) is 4.75. The number of H-pyrrole nitrogens is 1. The number of piperidine rings is 1. The van der Waals surface area contributed by atoms with E-state index in [1.54, 1.807) is 41.4 Å². The fourth-order valence-electron chi connectivity index (χ4n) is 5.47. The first kappa shape index (κ1) is 24.8. The molecule has 2 saturated heterocycles. The average molecular weight is 532 g/mol. The van der Waals surface area contributed by atoms with Crippen molar-refractivity contribution >= 4 is 23.8 Å². The van der Waals surface area contributed by atoms with E-state index in [1.165, 1.54) is 17.0 Å². The second kappa shape index (κ2) is 9.97. The molecule has 6 rings (SSSR count). The van der Waals surface area contributed by atoms with Gasteiger partial charge in [-0.05, 0) is 66.3 Å². The van der Waals surface area contributed by atoms with E-state index in [0.717, 1.165) is 29.7 Å². The van der Waals surface area contributed by atoms with Gasteiger partial charge >= 0.3 is 6.09 Å². The van der Waals surface area contributed by atoms with Gasteiger partial charge in [0.1, 0.15) is 24.3 Å². The zero-order chi connectivity index (χ0) is 27.1. The number of benzene rings is 2. The van der Waals surface area contributed by atoms with Gasteiger partial charge in [0.25, 0.3) is 5.91 Å². The lowest BCUT2D eigenvalue weighted by Crippen LogP contribution is -2.52. The Bertz CT molecular complexity index is 1470. The van der Waals surface area contributed by atoms with Gasteiger partial charge in [0.15, 0.2) is 0 Å². The van der Waals surface area contributed by atoms with Gasteiger partial charge in [-0.25, -0.2) is 14.2 Å². The fraction of sp³-hybridized carbons (Fsp3) is 0.321. The topological polar surface area (TPSA) is 125 Å². The summed E-state index contributed by atoms with van der Waals surface area (Å²) in [4.78, 5) is 60.6. The zero-order valence-electron chi connectivity index (χ0n) is 21.0. The van der Waals surface area contributed by atoms with Crippen molar-refractivity contribution in [3.05, 3.63) is 77.0 Å². The van der Waals surface area contributed by atoms with Crippen LogP contribution in [0.5, 0.6) is 0 Å². The number of halogens is 1. The van der Waals surface area contributed by atoms with Crippen molar-refractivity contribution in [2.75, 3.05) is 6.54 Å². The molecule has 3 aliphatic heterocycles. The van der Waals surface area contributed by atoms with Crippen molar-refractivity contribution in [2.45, 2.75) is 50.9 Å². The minimum absolute atomic E-state index is 0.0139. The maximum Gasteiger partial charge on any atom is 0.410 e. The quantitative estimate of drug-likeness (QED) is 0.486. The lowest BCUT2D eigenvalue weighted by molar-refractivity contribution is -0.136. The molecule has 2 aromatic carbocycles. The van der Waals surface area contributed by atoms with Crippen LogP contribution in [0.4, 0.5) is 9.18 Å². The lowest BCUT2D eigenvalue weighted by atomic mass is 10.0. The molecule has 3 aromatic rings. The van der Waals surface area contributed by atoms with Crippen molar-refractivity contribution in [3.63, 3.8) is 0 Å². The van der Waals surface area contributed by atoms with Crippen molar-refractivity contribution in [3.8, 4) is 11.3 Å². The molecule has 0 aliphatic carbocycles. The zero-order valence-corrected chi connectivity index (χ0v) is 21.0. The van der Waals surface area contributed by atoms with Gasteiger partial charge in [0, 0.05) is 25.1 Å². The van der Waals surface area contributed by atoms with Crippen LogP contribution >= 0.6 is 0 Å². The van der Waals surface area contributed by atoms with Crippen molar-refractivity contribution < 1.29 is 28.3 Å². The maximum absolute atomic E-state index is 13.3. The Kier molecular flexibility index (Phi) is 6.34. The summed E-state index contributed by atoms with van der Waals surface area (Å²) in [5.41, 5.74) is 3.45.